The van der Waals surface area contributed by atoms with Crippen LogP contribution in [0.1, 0.15) is 36.7 Å². The summed E-state index contributed by atoms with van der Waals surface area (Å²) in [4.78, 5) is 0. The van der Waals surface area contributed by atoms with Crippen molar-refractivity contribution in [3.63, 3.8) is 0 Å². The molecule has 1 N–H and O–H groups in total. The second-order valence-corrected chi connectivity index (χ2v) is 3.61. The van der Waals surface area contributed by atoms with Crippen LogP contribution in [0.25, 0.3) is 0 Å². The number of aliphatic hydroxyl groups excluding tert-OH is 1. The second kappa shape index (κ2) is 2.94. The molecule has 2 rings (SSSR count). The SMILES string of the molecule is Cc1ccc(C2CCC(O)C2)o1. The predicted molar refractivity (Wildman–Crippen MR) is 46.0 cm³/mol. The third-order valence-electron chi connectivity index (χ3n) is 2.57. The highest BCUT2D eigenvalue weighted by Crippen LogP contribution is 2.34. The lowest BCUT2D eigenvalue weighted by Crippen LogP contribution is -1.98. The van der Waals surface area contributed by atoms with Gasteiger partial charge in [-0.05, 0) is 38.3 Å². The van der Waals surface area contributed by atoms with E-state index in [-0.39, 0.29) is 6.10 Å². The average Bonchev–Trinajstić information content (AvgIpc) is 2.58. The largest absolute Gasteiger partial charge is 0.466 e. The van der Waals surface area contributed by atoms with Crippen molar-refractivity contribution in [1.82, 2.24) is 0 Å². The maximum atomic E-state index is 9.33. The molecule has 0 amide bonds. The van der Waals surface area contributed by atoms with Crippen molar-refractivity contribution in [3.05, 3.63) is 23.7 Å². The monoisotopic (exact) mass is 166 g/mol. The summed E-state index contributed by atoms with van der Waals surface area (Å²) in [6, 6.07) is 4.01. The van der Waals surface area contributed by atoms with Gasteiger partial charge in [0, 0.05) is 5.92 Å². The Balaban J connectivity index is 2.11. The Kier molecular flexibility index (Phi) is 1.93. The summed E-state index contributed by atoms with van der Waals surface area (Å²) in [6.45, 7) is 1.95. The number of hydrogen-bond acceptors (Lipinski definition) is 2. The minimum absolute atomic E-state index is 0.111. The molecule has 0 aromatic carbocycles. The van der Waals surface area contributed by atoms with Crippen molar-refractivity contribution in [2.45, 2.75) is 38.2 Å². The Morgan fingerprint density at radius 3 is 2.75 bits per heavy atom. The first-order chi connectivity index (χ1) is 5.75. The molecule has 0 saturated heterocycles. The van der Waals surface area contributed by atoms with Crippen LogP contribution < -0.4 is 0 Å². The number of aryl methyl sites for hydroxylation is 1. The van der Waals surface area contributed by atoms with Crippen molar-refractivity contribution >= 4 is 0 Å². The van der Waals surface area contributed by atoms with Crippen molar-refractivity contribution in [1.29, 1.82) is 0 Å². The van der Waals surface area contributed by atoms with Gasteiger partial charge in [-0.2, -0.15) is 0 Å². The maximum Gasteiger partial charge on any atom is 0.107 e. The van der Waals surface area contributed by atoms with Gasteiger partial charge in [0.25, 0.3) is 0 Å². The molecule has 2 nitrogen and oxygen atoms in total. The van der Waals surface area contributed by atoms with Crippen LogP contribution in [0.15, 0.2) is 16.5 Å². The zero-order valence-corrected chi connectivity index (χ0v) is 7.29. The lowest BCUT2D eigenvalue weighted by Gasteiger charge is -2.03. The molecule has 2 heteroatoms. The molecule has 2 atom stereocenters. The van der Waals surface area contributed by atoms with Gasteiger partial charge in [0.2, 0.25) is 0 Å². The van der Waals surface area contributed by atoms with Crippen LogP contribution in [0.3, 0.4) is 0 Å². The molecule has 2 unspecified atom stereocenters. The average molecular weight is 166 g/mol. The highest BCUT2D eigenvalue weighted by atomic mass is 16.3. The van der Waals surface area contributed by atoms with E-state index in [4.69, 9.17) is 4.42 Å². The van der Waals surface area contributed by atoms with E-state index in [1.807, 2.05) is 19.1 Å². The summed E-state index contributed by atoms with van der Waals surface area (Å²) in [5, 5.41) is 9.33. The van der Waals surface area contributed by atoms with Crippen molar-refractivity contribution in [2.75, 3.05) is 0 Å². The Labute approximate surface area is 72.2 Å². The van der Waals surface area contributed by atoms with E-state index in [9.17, 15) is 5.11 Å². The fourth-order valence-corrected chi connectivity index (χ4v) is 1.89. The van der Waals surface area contributed by atoms with Crippen LogP contribution >= 0.6 is 0 Å². The molecule has 1 heterocycles. The molecule has 1 saturated carbocycles. The molecule has 0 bridgehead atoms. The van der Waals surface area contributed by atoms with Gasteiger partial charge in [0.1, 0.15) is 11.5 Å². The molecular formula is C10H14O2. The zero-order valence-electron chi connectivity index (χ0n) is 7.29. The fraction of sp³-hybridized carbons (Fsp3) is 0.600. The van der Waals surface area contributed by atoms with Gasteiger partial charge in [-0.15, -0.1) is 0 Å². The van der Waals surface area contributed by atoms with Crippen LogP contribution in [0.2, 0.25) is 0 Å². The van der Waals surface area contributed by atoms with E-state index in [0.717, 1.165) is 30.8 Å². The van der Waals surface area contributed by atoms with Crippen molar-refractivity contribution in [3.8, 4) is 0 Å². The summed E-state index contributed by atoms with van der Waals surface area (Å²) in [7, 11) is 0. The number of furan rings is 1. The Hall–Kier alpha value is -0.760. The first-order valence-electron chi connectivity index (χ1n) is 4.50. The zero-order chi connectivity index (χ0) is 8.55. The minimum Gasteiger partial charge on any atom is -0.466 e. The first-order valence-corrected chi connectivity index (χ1v) is 4.50. The normalized spacial score (nSPS) is 29.5. The lowest BCUT2D eigenvalue weighted by atomic mass is 10.1. The van der Waals surface area contributed by atoms with E-state index in [2.05, 4.69) is 0 Å². The molecular weight excluding hydrogens is 152 g/mol. The second-order valence-electron chi connectivity index (χ2n) is 3.61. The molecule has 0 radical (unpaired) electrons. The Bertz CT molecular complexity index is 265. The van der Waals surface area contributed by atoms with E-state index in [1.54, 1.807) is 0 Å². The summed E-state index contributed by atoms with van der Waals surface area (Å²) in [5.41, 5.74) is 0. The number of rotatable bonds is 1. The molecule has 0 spiro atoms. The van der Waals surface area contributed by atoms with Crippen molar-refractivity contribution < 1.29 is 9.52 Å². The van der Waals surface area contributed by atoms with Gasteiger partial charge >= 0.3 is 0 Å². The molecule has 1 fully saturated rings. The molecule has 1 aliphatic rings. The number of aliphatic hydroxyl groups is 1. The highest BCUT2D eigenvalue weighted by Gasteiger charge is 2.26. The first kappa shape index (κ1) is 7.87. The van der Waals surface area contributed by atoms with E-state index >= 15 is 0 Å². The van der Waals surface area contributed by atoms with Gasteiger partial charge in [-0.25, -0.2) is 0 Å². The smallest absolute Gasteiger partial charge is 0.107 e. The predicted octanol–water partition coefficient (Wildman–Crippen LogP) is 2.22. The van der Waals surface area contributed by atoms with Gasteiger partial charge in [0.15, 0.2) is 0 Å². The summed E-state index contributed by atoms with van der Waals surface area (Å²) >= 11 is 0. The molecule has 1 aromatic heterocycles. The van der Waals surface area contributed by atoms with Crippen LogP contribution in [0, 0.1) is 6.92 Å². The van der Waals surface area contributed by atoms with E-state index < -0.39 is 0 Å². The number of hydrogen-bond donors (Lipinski definition) is 1. The van der Waals surface area contributed by atoms with Crippen LogP contribution in [0.4, 0.5) is 0 Å². The van der Waals surface area contributed by atoms with Gasteiger partial charge in [-0.1, -0.05) is 0 Å². The summed E-state index contributed by atoms with van der Waals surface area (Å²) < 4.78 is 5.50. The fourth-order valence-electron chi connectivity index (χ4n) is 1.89. The molecule has 1 aliphatic carbocycles. The van der Waals surface area contributed by atoms with Crippen LogP contribution in [-0.4, -0.2) is 11.2 Å². The molecule has 0 aliphatic heterocycles. The lowest BCUT2D eigenvalue weighted by molar-refractivity contribution is 0.180. The van der Waals surface area contributed by atoms with Gasteiger partial charge in [-0.3, -0.25) is 0 Å². The van der Waals surface area contributed by atoms with E-state index in [1.165, 1.54) is 0 Å². The maximum absolute atomic E-state index is 9.33. The molecule has 1 aromatic rings. The van der Waals surface area contributed by atoms with E-state index in [0.29, 0.717) is 5.92 Å². The van der Waals surface area contributed by atoms with Gasteiger partial charge < -0.3 is 9.52 Å². The Morgan fingerprint density at radius 2 is 2.25 bits per heavy atom. The minimum atomic E-state index is -0.111. The van der Waals surface area contributed by atoms with Gasteiger partial charge in [0.05, 0.1) is 6.10 Å². The molecule has 12 heavy (non-hydrogen) atoms. The topological polar surface area (TPSA) is 33.4 Å². The standard InChI is InChI=1S/C10H14O2/c1-7-2-5-10(12-7)8-3-4-9(11)6-8/h2,5,8-9,11H,3-4,6H2,1H3. The van der Waals surface area contributed by atoms with Crippen LogP contribution in [-0.2, 0) is 0 Å². The van der Waals surface area contributed by atoms with Crippen molar-refractivity contribution in [2.24, 2.45) is 0 Å². The Morgan fingerprint density at radius 1 is 1.42 bits per heavy atom. The summed E-state index contributed by atoms with van der Waals surface area (Å²) in [5.74, 6) is 2.46. The van der Waals surface area contributed by atoms with Crippen LogP contribution in [0.5, 0.6) is 0 Å². The molecule has 66 valence electrons. The third-order valence-corrected chi connectivity index (χ3v) is 2.57. The quantitative estimate of drug-likeness (QED) is 0.694. The third kappa shape index (κ3) is 1.39. The summed E-state index contributed by atoms with van der Waals surface area (Å²) in [6.07, 6.45) is 2.74. The highest BCUT2D eigenvalue weighted by molar-refractivity contribution is 5.11.